The number of aromatic nitrogens is 3. The van der Waals surface area contributed by atoms with Gasteiger partial charge in [-0.25, -0.2) is 27.8 Å². The molecule has 4 amide bonds. The number of hydrogen-bond acceptors (Lipinski definition) is 11. The molecule has 0 bridgehead atoms. The van der Waals surface area contributed by atoms with E-state index in [1.165, 1.54) is 17.0 Å². The third-order valence-corrected chi connectivity index (χ3v) is 12.9. The summed E-state index contributed by atoms with van der Waals surface area (Å²) in [6.07, 6.45) is 7.19. The van der Waals surface area contributed by atoms with E-state index >= 15 is 0 Å². The molecule has 3 fully saturated rings. The van der Waals surface area contributed by atoms with Crippen molar-refractivity contribution in [3.8, 4) is 5.88 Å². The highest BCUT2D eigenvalue weighted by Gasteiger charge is 2.62. The Morgan fingerprint density at radius 1 is 1.10 bits per heavy atom. The number of carbonyl (C=O) groups is 4. The quantitative estimate of drug-likeness (QED) is 0.303. The molecule has 5 atom stereocenters. The number of allylic oxidation sites excluding steroid dienone is 1. The summed E-state index contributed by atoms with van der Waals surface area (Å²) < 4.78 is 48.7. The molecule has 2 aliphatic carbocycles. The summed E-state index contributed by atoms with van der Waals surface area (Å²) in [5.41, 5.74) is 1.28. The van der Waals surface area contributed by atoms with Gasteiger partial charge < -0.3 is 20.3 Å². The predicted octanol–water partition coefficient (Wildman–Crippen LogP) is 2.99. The van der Waals surface area contributed by atoms with Gasteiger partial charge in [0, 0.05) is 12.3 Å². The molecule has 17 heteroatoms. The summed E-state index contributed by atoms with van der Waals surface area (Å²) in [5, 5.41) is 5.07. The molecule has 4 heterocycles. The van der Waals surface area contributed by atoms with E-state index in [4.69, 9.17) is 4.74 Å². The van der Waals surface area contributed by atoms with Crippen molar-refractivity contribution >= 4 is 56.0 Å². The SMILES string of the molecule is Cc1nc2cccc(F)c2nc1O[C@@H]1C[C@H]2C(=O)N[C@]3(C(=O)NS(=O)(=O)C4CC4)C[C@H]3C=CCCCCC[C@H](NC(=O)c3scnc3C)C(=O)N2C1. The van der Waals surface area contributed by atoms with E-state index in [0.717, 1.165) is 24.2 Å². The first-order chi connectivity index (χ1) is 24.9. The fourth-order valence-electron chi connectivity index (χ4n) is 6.98. The van der Waals surface area contributed by atoms with Crippen LogP contribution in [0.1, 0.15) is 78.8 Å². The predicted molar refractivity (Wildman–Crippen MR) is 188 cm³/mol. The Morgan fingerprint density at radius 3 is 2.65 bits per heavy atom. The van der Waals surface area contributed by atoms with Gasteiger partial charge in [0.2, 0.25) is 27.7 Å². The van der Waals surface area contributed by atoms with E-state index in [1.54, 1.807) is 25.4 Å². The molecule has 4 aliphatic rings. The minimum absolute atomic E-state index is 0.00725. The number of benzene rings is 1. The first kappa shape index (κ1) is 35.9. The van der Waals surface area contributed by atoms with Crippen LogP contribution >= 0.6 is 11.3 Å². The topological polar surface area (TPSA) is 190 Å². The standard InChI is InChI=1S/C35H40FN7O7S2/c1-19-29(51-18-37-19)31(45)39-26-11-7-5-3-4-6-9-21-16-35(21,34(47)42-52(48,49)23-13-14-23)41-30(44)27-15-22(17-43(27)33(26)46)50-32-20(2)38-25-12-8-10-24(36)28(25)40-32/h6,8-10,12,18,21-23,26-27H,3-5,7,11,13-17H2,1-2H3,(H,39,45)(H,41,44)(H,42,47)/t21-,22-,26+,27+,35-/m1/s1. The minimum atomic E-state index is -3.91. The maximum atomic E-state index is 14.7. The van der Waals surface area contributed by atoms with Crippen LogP contribution in [-0.2, 0) is 24.4 Å². The van der Waals surface area contributed by atoms with Gasteiger partial charge in [0.25, 0.3) is 11.8 Å². The molecular formula is C35H40FN7O7S2. The Bertz CT molecular complexity index is 2070. The van der Waals surface area contributed by atoms with Gasteiger partial charge in [-0.05, 0) is 64.5 Å². The molecule has 2 aliphatic heterocycles. The van der Waals surface area contributed by atoms with Crippen LogP contribution in [0.2, 0.25) is 0 Å². The number of fused-ring (bicyclic) bond motifs is 3. The molecule has 52 heavy (non-hydrogen) atoms. The molecular weight excluding hydrogens is 714 g/mol. The third-order valence-electron chi connectivity index (χ3n) is 10.2. The summed E-state index contributed by atoms with van der Waals surface area (Å²) in [5.74, 6) is -3.44. The van der Waals surface area contributed by atoms with Gasteiger partial charge in [-0.1, -0.05) is 31.1 Å². The third kappa shape index (κ3) is 7.24. The van der Waals surface area contributed by atoms with Gasteiger partial charge in [0.1, 0.15) is 39.8 Å². The molecule has 0 unspecified atom stereocenters. The van der Waals surface area contributed by atoms with Crippen molar-refractivity contribution in [1.29, 1.82) is 0 Å². The first-order valence-corrected chi connectivity index (χ1v) is 19.9. The van der Waals surface area contributed by atoms with E-state index < -0.39 is 74.4 Å². The second-order valence-corrected chi connectivity index (χ2v) is 16.8. The fraction of sp³-hybridized carbons (Fsp3) is 0.514. The van der Waals surface area contributed by atoms with Gasteiger partial charge in [0.15, 0.2) is 5.82 Å². The van der Waals surface area contributed by atoms with Crippen LogP contribution < -0.4 is 20.1 Å². The summed E-state index contributed by atoms with van der Waals surface area (Å²) >= 11 is 1.16. The number of carbonyl (C=O) groups excluding carboxylic acids is 4. The van der Waals surface area contributed by atoms with Gasteiger partial charge in [-0.2, -0.15) is 0 Å². The highest BCUT2D eigenvalue weighted by atomic mass is 32.2. The molecule has 2 saturated carbocycles. The lowest BCUT2D eigenvalue weighted by molar-refractivity contribution is -0.141. The van der Waals surface area contributed by atoms with Crippen molar-refractivity contribution in [3.63, 3.8) is 0 Å². The Balaban J connectivity index is 1.20. The molecule has 3 aromatic rings. The van der Waals surface area contributed by atoms with E-state index in [9.17, 15) is 32.0 Å². The van der Waals surface area contributed by atoms with Crippen LogP contribution in [0.4, 0.5) is 4.39 Å². The number of halogens is 1. The second-order valence-electron chi connectivity index (χ2n) is 14.0. The maximum Gasteiger partial charge on any atom is 0.263 e. The van der Waals surface area contributed by atoms with Crippen molar-refractivity contribution in [2.75, 3.05) is 6.54 Å². The zero-order valence-corrected chi connectivity index (χ0v) is 30.4. The smallest absolute Gasteiger partial charge is 0.263 e. The number of rotatable bonds is 7. The average Bonchev–Trinajstić information content (AvgIpc) is 3.99. The zero-order chi connectivity index (χ0) is 36.8. The largest absolute Gasteiger partial charge is 0.471 e. The number of sulfonamides is 1. The monoisotopic (exact) mass is 753 g/mol. The van der Waals surface area contributed by atoms with Crippen molar-refractivity contribution in [2.24, 2.45) is 5.92 Å². The highest BCUT2D eigenvalue weighted by Crippen LogP contribution is 2.46. The Kier molecular flexibility index (Phi) is 9.75. The average molecular weight is 754 g/mol. The molecule has 2 aromatic heterocycles. The fourth-order valence-corrected chi connectivity index (χ4v) is 9.05. The number of nitrogens with zero attached hydrogens (tertiary/aromatic N) is 4. The van der Waals surface area contributed by atoms with E-state index in [-0.39, 0.29) is 30.8 Å². The Labute approximate surface area is 304 Å². The zero-order valence-electron chi connectivity index (χ0n) is 28.8. The Morgan fingerprint density at radius 2 is 1.90 bits per heavy atom. The lowest BCUT2D eigenvalue weighted by atomic mass is 10.0. The lowest BCUT2D eigenvalue weighted by Gasteiger charge is -2.30. The molecule has 0 radical (unpaired) electrons. The van der Waals surface area contributed by atoms with Crippen molar-refractivity contribution in [2.45, 2.75) is 101 Å². The lowest BCUT2D eigenvalue weighted by Crippen LogP contribution is -2.58. The van der Waals surface area contributed by atoms with Gasteiger partial charge >= 0.3 is 0 Å². The molecule has 1 aromatic carbocycles. The normalized spacial score (nSPS) is 26.8. The summed E-state index contributed by atoms with van der Waals surface area (Å²) in [6.45, 7) is 3.28. The molecule has 276 valence electrons. The van der Waals surface area contributed by atoms with Gasteiger partial charge in [-0.15, -0.1) is 11.3 Å². The van der Waals surface area contributed by atoms with E-state index in [1.807, 2.05) is 12.2 Å². The van der Waals surface area contributed by atoms with Crippen LogP contribution in [0.3, 0.4) is 0 Å². The summed E-state index contributed by atoms with van der Waals surface area (Å²) in [7, 11) is -3.91. The van der Waals surface area contributed by atoms with Gasteiger partial charge in [0.05, 0.1) is 28.5 Å². The van der Waals surface area contributed by atoms with Gasteiger partial charge in [-0.3, -0.25) is 23.9 Å². The van der Waals surface area contributed by atoms with E-state index in [0.29, 0.717) is 53.9 Å². The molecule has 0 spiro atoms. The Hall–Kier alpha value is -4.51. The van der Waals surface area contributed by atoms with E-state index in [2.05, 4.69) is 30.3 Å². The minimum Gasteiger partial charge on any atom is -0.471 e. The van der Waals surface area contributed by atoms with Crippen LogP contribution in [0.5, 0.6) is 5.88 Å². The molecule has 14 nitrogen and oxygen atoms in total. The number of aryl methyl sites for hydroxylation is 2. The second kappa shape index (κ2) is 14.1. The number of amides is 4. The summed E-state index contributed by atoms with van der Waals surface area (Å²) in [4.78, 5) is 70.5. The van der Waals surface area contributed by atoms with Crippen LogP contribution in [-0.4, -0.2) is 87.4 Å². The van der Waals surface area contributed by atoms with Crippen molar-refractivity contribution in [1.82, 2.24) is 35.2 Å². The van der Waals surface area contributed by atoms with Crippen LogP contribution in [0, 0.1) is 25.6 Å². The van der Waals surface area contributed by atoms with Crippen LogP contribution in [0.15, 0.2) is 35.9 Å². The molecule has 7 rings (SSSR count). The number of nitrogens with one attached hydrogen (secondary N) is 3. The number of para-hydroxylation sites is 1. The van der Waals surface area contributed by atoms with Crippen molar-refractivity contribution in [3.05, 3.63) is 57.9 Å². The van der Waals surface area contributed by atoms with Crippen molar-refractivity contribution < 1.29 is 36.7 Å². The summed E-state index contributed by atoms with van der Waals surface area (Å²) in [6, 6.07) is 2.26. The number of ether oxygens (including phenoxy) is 1. The highest BCUT2D eigenvalue weighted by molar-refractivity contribution is 7.91. The molecule has 1 saturated heterocycles. The number of thiazole rings is 1. The molecule has 3 N–H and O–H groups in total. The number of hydrogen-bond donors (Lipinski definition) is 3. The van der Waals surface area contributed by atoms with Crippen LogP contribution in [0.25, 0.3) is 11.0 Å². The maximum absolute atomic E-state index is 14.7. The first-order valence-electron chi connectivity index (χ1n) is 17.5.